The lowest BCUT2D eigenvalue weighted by molar-refractivity contribution is -0.0260. The largest absolute Gasteiger partial charge is 0.389 e. The second-order valence-electron chi connectivity index (χ2n) is 4.13. The molecule has 0 saturated carbocycles. The first-order chi connectivity index (χ1) is 8.20. The quantitative estimate of drug-likeness (QED) is 0.853. The van der Waals surface area contributed by atoms with E-state index in [9.17, 15) is 9.90 Å². The van der Waals surface area contributed by atoms with Crippen LogP contribution in [0.3, 0.4) is 0 Å². The molecule has 0 unspecified atom stereocenters. The molecule has 0 aliphatic carbocycles. The predicted molar refractivity (Wildman–Crippen MR) is 66.4 cm³/mol. The smallest absolute Gasteiger partial charge is 0.261 e. The van der Waals surface area contributed by atoms with Crippen LogP contribution >= 0.6 is 11.3 Å². The summed E-state index contributed by atoms with van der Waals surface area (Å²) >= 11 is 1.51. The first kappa shape index (κ1) is 12.5. The molecule has 1 aliphatic rings. The third-order valence-electron chi connectivity index (χ3n) is 2.88. The average molecular weight is 255 g/mol. The molecule has 2 N–H and O–H groups in total. The van der Waals surface area contributed by atoms with Crippen molar-refractivity contribution in [1.82, 2.24) is 5.32 Å². The van der Waals surface area contributed by atoms with Gasteiger partial charge < -0.3 is 15.2 Å². The Morgan fingerprint density at radius 1 is 1.65 bits per heavy atom. The Morgan fingerprint density at radius 2 is 2.47 bits per heavy atom. The van der Waals surface area contributed by atoms with Crippen molar-refractivity contribution in [3.8, 4) is 0 Å². The number of carbonyl (C=O) groups excluding carboxylic acids is 1. The van der Waals surface area contributed by atoms with Crippen LogP contribution in [0.25, 0.3) is 0 Å². The highest BCUT2D eigenvalue weighted by Gasteiger charge is 2.25. The van der Waals surface area contributed by atoms with Gasteiger partial charge in [0.25, 0.3) is 5.91 Å². The molecular weight excluding hydrogens is 238 g/mol. The maximum atomic E-state index is 11.9. The van der Waals surface area contributed by atoms with Crippen LogP contribution in [0.1, 0.15) is 27.9 Å². The standard InChI is InChI=1S/C12H17NO3S/c1-2-8-3-4-11(17-8)12(15)13-9-5-6-16-7-10(9)14/h3-4,9-10,14H,2,5-7H2,1H3,(H,13,15)/t9-,10-/m1/s1. The summed E-state index contributed by atoms with van der Waals surface area (Å²) < 4.78 is 5.12. The van der Waals surface area contributed by atoms with E-state index in [-0.39, 0.29) is 11.9 Å². The van der Waals surface area contributed by atoms with E-state index in [1.165, 1.54) is 16.2 Å². The maximum absolute atomic E-state index is 11.9. The fraction of sp³-hybridized carbons (Fsp3) is 0.583. The van der Waals surface area contributed by atoms with Crippen LogP contribution in [0.2, 0.25) is 0 Å². The number of hydrogen-bond acceptors (Lipinski definition) is 4. The molecule has 2 atom stereocenters. The average Bonchev–Trinajstić information content (AvgIpc) is 2.81. The van der Waals surface area contributed by atoms with Crippen LogP contribution in [0, 0.1) is 0 Å². The highest BCUT2D eigenvalue weighted by Crippen LogP contribution is 2.17. The summed E-state index contributed by atoms with van der Waals surface area (Å²) in [5, 5.41) is 12.5. The van der Waals surface area contributed by atoms with E-state index in [2.05, 4.69) is 12.2 Å². The number of amides is 1. The molecule has 17 heavy (non-hydrogen) atoms. The molecule has 5 heteroatoms. The van der Waals surface area contributed by atoms with Crippen LogP contribution in [-0.2, 0) is 11.2 Å². The number of rotatable bonds is 3. The van der Waals surface area contributed by atoms with E-state index in [0.717, 1.165) is 6.42 Å². The summed E-state index contributed by atoms with van der Waals surface area (Å²) in [6, 6.07) is 3.62. The third-order valence-corrected chi connectivity index (χ3v) is 4.11. The molecule has 0 aromatic carbocycles. The Balaban J connectivity index is 1.96. The molecule has 1 aromatic heterocycles. The van der Waals surface area contributed by atoms with Gasteiger partial charge in [-0.15, -0.1) is 11.3 Å². The van der Waals surface area contributed by atoms with Gasteiger partial charge in [-0.3, -0.25) is 4.79 Å². The topological polar surface area (TPSA) is 58.6 Å². The molecule has 1 aromatic rings. The molecule has 2 heterocycles. The summed E-state index contributed by atoms with van der Waals surface area (Å²) in [4.78, 5) is 13.8. The van der Waals surface area contributed by atoms with Gasteiger partial charge >= 0.3 is 0 Å². The van der Waals surface area contributed by atoms with Crippen molar-refractivity contribution in [1.29, 1.82) is 0 Å². The second-order valence-corrected chi connectivity index (χ2v) is 5.30. The number of aliphatic hydroxyl groups excluding tert-OH is 1. The molecular formula is C12H17NO3S. The van der Waals surface area contributed by atoms with E-state index in [4.69, 9.17) is 4.74 Å². The monoisotopic (exact) mass is 255 g/mol. The van der Waals surface area contributed by atoms with Crippen molar-refractivity contribution >= 4 is 17.2 Å². The molecule has 0 radical (unpaired) electrons. The number of ether oxygens (including phenoxy) is 1. The minimum Gasteiger partial charge on any atom is -0.389 e. The molecule has 0 bridgehead atoms. The lowest BCUT2D eigenvalue weighted by Gasteiger charge is -2.28. The molecule has 4 nitrogen and oxygen atoms in total. The second kappa shape index (κ2) is 5.62. The summed E-state index contributed by atoms with van der Waals surface area (Å²) in [6.45, 7) is 2.96. The highest BCUT2D eigenvalue weighted by molar-refractivity contribution is 7.14. The molecule has 1 fully saturated rings. The Morgan fingerprint density at radius 3 is 3.12 bits per heavy atom. The van der Waals surface area contributed by atoms with Crippen molar-refractivity contribution in [2.24, 2.45) is 0 Å². The Bertz CT molecular complexity index is 391. The molecule has 1 amide bonds. The van der Waals surface area contributed by atoms with Crippen molar-refractivity contribution in [2.75, 3.05) is 13.2 Å². The number of carbonyl (C=O) groups is 1. The van der Waals surface area contributed by atoms with Gasteiger partial charge in [0, 0.05) is 11.5 Å². The third kappa shape index (κ3) is 3.06. The van der Waals surface area contributed by atoms with Crippen LogP contribution in [0.4, 0.5) is 0 Å². The fourth-order valence-electron chi connectivity index (χ4n) is 1.82. The number of aryl methyl sites for hydroxylation is 1. The molecule has 1 aliphatic heterocycles. The van der Waals surface area contributed by atoms with Gasteiger partial charge in [-0.05, 0) is 25.0 Å². The van der Waals surface area contributed by atoms with Crippen molar-refractivity contribution in [3.05, 3.63) is 21.9 Å². The zero-order chi connectivity index (χ0) is 12.3. The van der Waals surface area contributed by atoms with Crippen LogP contribution in [0.15, 0.2) is 12.1 Å². The Hall–Kier alpha value is -0.910. The number of aliphatic hydroxyl groups is 1. The van der Waals surface area contributed by atoms with Crippen LogP contribution in [0.5, 0.6) is 0 Å². The first-order valence-electron chi connectivity index (χ1n) is 5.86. The summed E-state index contributed by atoms with van der Waals surface area (Å²) in [5.74, 6) is -0.0966. The number of thiophene rings is 1. The minimum atomic E-state index is -0.599. The Kier molecular flexibility index (Phi) is 4.15. The van der Waals surface area contributed by atoms with E-state index < -0.39 is 6.10 Å². The Labute approximate surface area is 105 Å². The minimum absolute atomic E-state index is 0.0966. The van der Waals surface area contributed by atoms with Gasteiger partial charge in [0.15, 0.2) is 0 Å². The number of hydrogen-bond donors (Lipinski definition) is 2. The van der Waals surface area contributed by atoms with Gasteiger partial charge in [-0.25, -0.2) is 0 Å². The molecule has 2 rings (SSSR count). The SMILES string of the molecule is CCc1ccc(C(=O)N[C@@H]2CCOC[C@H]2O)s1. The van der Waals surface area contributed by atoms with Crippen LogP contribution in [-0.4, -0.2) is 36.4 Å². The number of nitrogens with one attached hydrogen (secondary N) is 1. The summed E-state index contributed by atoms with van der Waals surface area (Å²) in [5.41, 5.74) is 0. The van der Waals surface area contributed by atoms with Crippen LogP contribution < -0.4 is 5.32 Å². The molecule has 0 spiro atoms. The lowest BCUT2D eigenvalue weighted by atomic mass is 10.1. The summed E-state index contributed by atoms with van der Waals surface area (Å²) in [7, 11) is 0. The van der Waals surface area contributed by atoms with Gasteiger partial charge in [-0.2, -0.15) is 0 Å². The van der Waals surface area contributed by atoms with Crippen molar-refractivity contribution in [3.63, 3.8) is 0 Å². The predicted octanol–water partition coefficient (Wildman–Crippen LogP) is 1.19. The summed E-state index contributed by atoms with van der Waals surface area (Å²) in [6.07, 6.45) is 1.01. The van der Waals surface area contributed by atoms with Gasteiger partial charge in [0.05, 0.1) is 23.6 Å². The lowest BCUT2D eigenvalue weighted by Crippen LogP contribution is -2.48. The highest BCUT2D eigenvalue weighted by atomic mass is 32.1. The van der Waals surface area contributed by atoms with Gasteiger partial charge in [0.1, 0.15) is 0 Å². The van der Waals surface area contributed by atoms with E-state index in [0.29, 0.717) is 24.5 Å². The molecule has 1 saturated heterocycles. The normalized spacial score (nSPS) is 24.6. The van der Waals surface area contributed by atoms with E-state index >= 15 is 0 Å². The fourth-order valence-corrected chi connectivity index (χ4v) is 2.67. The van der Waals surface area contributed by atoms with Gasteiger partial charge in [0.2, 0.25) is 0 Å². The maximum Gasteiger partial charge on any atom is 0.261 e. The zero-order valence-corrected chi connectivity index (χ0v) is 10.6. The van der Waals surface area contributed by atoms with E-state index in [1.54, 1.807) is 0 Å². The zero-order valence-electron chi connectivity index (χ0n) is 9.81. The first-order valence-corrected chi connectivity index (χ1v) is 6.67. The van der Waals surface area contributed by atoms with E-state index in [1.807, 2.05) is 12.1 Å². The van der Waals surface area contributed by atoms with Gasteiger partial charge in [-0.1, -0.05) is 6.92 Å². The molecule has 94 valence electrons. The van der Waals surface area contributed by atoms with Crippen molar-refractivity contribution < 1.29 is 14.6 Å². The van der Waals surface area contributed by atoms with Crippen molar-refractivity contribution in [2.45, 2.75) is 31.9 Å².